The van der Waals surface area contributed by atoms with Crippen molar-refractivity contribution in [3.8, 4) is 11.5 Å². The average molecular weight is 441 g/mol. The van der Waals surface area contributed by atoms with Crippen LogP contribution in [0.4, 0.5) is 5.13 Å². The Balaban J connectivity index is 1.72. The number of anilines is 1. The lowest BCUT2D eigenvalue weighted by atomic mass is 9.97. The van der Waals surface area contributed by atoms with Gasteiger partial charge in [-0.3, -0.25) is 4.79 Å². The maximum absolute atomic E-state index is 13.1. The molecule has 2 aromatic carbocycles. The van der Waals surface area contributed by atoms with Crippen LogP contribution in [0, 0.1) is 0 Å². The van der Waals surface area contributed by atoms with Gasteiger partial charge in [-0.2, -0.15) is 4.37 Å². The molecule has 0 spiro atoms. The third kappa shape index (κ3) is 6.26. The Bertz CT molecular complexity index is 973. The summed E-state index contributed by atoms with van der Waals surface area (Å²) in [5, 5.41) is 3.87. The van der Waals surface area contributed by atoms with E-state index in [0.717, 1.165) is 17.7 Å². The Morgan fingerprint density at radius 3 is 2.26 bits per heavy atom. The second kappa shape index (κ2) is 10.9. The molecule has 3 N–H and O–H groups in total. The number of aromatic nitrogens is 2. The summed E-state index contributed by atoms with van der Waals surface area (Å²) < 4.78 is 14.8. The van der Waals surface area contributed by atoms with Crippen LogP contribution in [0.15, 0.2) is 48.5 Å². The summed E-state index contributed by atoms with van der Waals surface area (Å²) >= 11 is 1.25. The molecule has 0 saturated carbocycles. The first-order valence-corrected chi connectivity index (χ1v) is 11.0. The van der Waals surface area contributed by atoms with Crippen molar-refractivity contribution in [1.82, 2.24) is 9.36 Å². The number of nitrogens with two attached hydrogens (primary N) is 1. The van der Waals surface area contributed by atoms with Crippen molar-refractivity contribution in [3.63, 3.8) is 0 Å². The van der Waals surface area contributed by atoms with E-state index in [1.165, 1.54) is 11.5 Å². The van der Waals surface area contributed by atoms with Crippen molar-refractivity contribution in [3.05, 3.63) is 65.5 Å². The van der Waals surface area contributed by atoms with Crippen molar-refractivity contribution in [1.29, 1.82) is 0 Å². The molecule has 0 amide bonds. The Morgan fingerprint density at radius 1 is 1.06 bits per heavy atom. The molecule has 0 aliphatic rings. The van der Waals surface area contributed by atoms with Gasteiger partial charge in [0, 0.05) is 29.6 Å². The number of hydrogen-bond donors (Lipinski definition) is 2. The lowest BCUT2D eigenvalue weighted by Crippen LogP contribution is -2.36. The number of Topliss-reactive ketones (excluding diaryl/α,β-unsaturated/α-hetero) is 1. The molecule has 1 aromatic heterocycles. The van der Waals surface area contributed by atoms with Crippen LogP contribution in [-0.4, -0.2) is 41.4 Å². The summed E-state index contributed by atoms with van der Waals surface area (Å²) in [6.07, 6.45) is 1.90. The van der Waals surface area contributed by atoms with E-state index in [4.69, 9.17) is 15.2 Å². The van der Waals surface area contributed by atoms with Gasteiger partial charge in [0.1, 0.15) is 17.3 Å². The number of carbonyl (C=O) groups excluding carboxylic acids is 1. The van der Waals surface area contributed by atoms with Gasteiger partial charge in [-0.05, 0) is 54.8 Å². The quantitative estimate of drug-likeness (QED) is 0.436. The molecule has 3 aromatic rings. The Labute approximate surface area is 186 Å². The van der Waals surface area contributed by atoms with Crippen LogP contribution in [0.5, 0.6) is 11.5 Å². The first-order valence-electron chi connectivity index (χ1n) is 10.2. The number of methoxy groups -OCH3 is 2. The van der Waals surface area contributed by atoms with Crippen LogP contribution >= 0.6 is 11.5 Å². The molecule has 2 unspecified atom stereocenters. The van der Waals surface area contributed by atoms with Gasteiger partial charge >= 0.3 is 0 Å². The van der Waals surface area contributed by atoms with Crippen molar-refractivity contribution < 1.29 is 14.3 Å². The highest BCUT2D eigenvalue weighted by Gasteiger charge is 2.23. The summed E-state index contributed by atoms with van der Waals surface area (Å²) in [4.78, 5) is 17.7. The zero-order valence-corrected chi connectivity index (χ0v) is 18.8. The van der Waals surface area contributed by atoms with Crippen LogP contribution in [0.25, 0.3) is 0 Å². The van der Waals surface area contributed by atoms with Gasteiger partial charge in [0.2, 0.25) is 5.13 Å². The lowest BCUT2D eigenvalue weighted by Gasteiger charge is -2.20. The fraction of sp³-hybridized carbons (Fsp3) is 0.348. The Hall–Kier alpha value is -2.97. The summed E-state index contributed by atoms with van der Waals surface area (Å²) in [6, 6.07) is 14.3. The third-order valence-electron chi connectivity index (χ3n) is 5.04. The van der Waals surface area contributed by atoms with Crippen molar-refractivity contribution in [2.24, 2.45) is 5.73 Å². The van der Waals surface area contributed by atoms with Crippen LogP contribution in [0.2, 0.25) is 0 Å². The highest BCUT2D eigenvalue weighted by molar-refractivity contribution is 7.09. The fourth-order valence-corrected chi connectivity index (χ4v) is 3.76. The number of benzene rings is 2. The van der Waals surface area contributed by atoms with Gasteiger partial charge in [0.05, 0.1) is 20.3 Å². The standard InChI is InChI=1S/C23H28N4O3S/c1-4-17(24)14-20(22(28)16-7-11-19(30-3)12-8-16)25-23-26-21(27-31-23)13-15-5-9-18(29-2)10-6-15/h5-12,17,20H,4,13-14,24H2,1-3H3,(H,25,26,27). The van der Waals surface area contributed by atoms with Gasteiger partial charge in [-0.15, -0.1) is 0 Å². The molecule has 0 bridgehead atoms. The number of rotatable bonds is 11. The fourth-order valence-electron chi connectivity index (χ4n) is 3.12. The molecule has 3 rings (SSSR count). The lowest BCUT2D eigenvalue weighted by molar-refractivity contribution is 0.0962. The van der Waals surface area contributed by atoms with Gasteiger partial charge < -0.3 is 20.5 Å². The van der Waals surface area contributed by atoms with Crippen LogP contribution in [-0.2, 0) is 6.42 Å². The van der Waals surface area contributed by atoms with Gasteiger partial charge in [0.25, 0.3) is 0 Å². The third-order valence-corrected chi connectivity index (χ3v) is 5.73. The van der Waals surface area contributed by atoms with E-state index in [1.54, 1.807) is 38.5 Å². The topological polar surface area (TPSA) is 99.4 Å². The molecule has 0 radical (unpaired) electrons. The maximum atomic E-state index is 13.1. The number of hydrogen-bond acceptors (Lipinski definition) is 8. The molecule has 0 aliphatic heterocycles. The minimum absolute atomic E-state index is 0.0292. The van der Waals surface area contributed by atoms with Crippen molar-refractivity contribution in [2.75, 3.05) is 19.5 Å². The molecule has 164 valence electrons. The Morgan fingerprint density at radius 2 is 1.68 bits per heavy atom. The largest absolute Gasteiger partial charge is 0.497 e. The van der Waals surface area contributed by atoms with Gasteiger partial charge in [-0.1, -0.05) is 19.1 Å². The predicted molar refractivity (Wildman–Crippen MR) is 123 cm³/mol. The highest BCUT2D eigenvalue weighted by Crippen LogP contribution is 2.21. The zero-order chi connectivity index (χ0) is 22.2. The average Bonchev–Trinajstić information content (AvgIpc) is 3.25. The molecule has 31 heavy (non-hydrogen) atoms. The van der Waals surface area contributed by atoms with E-state index in [-0.39, 0.29) is 11.8 Å². The molecule has 0 aliphatic carbocycles. The normalized spacial score (nSPS) is 12.8. The SMILES string of the molecule is CCC(N)CC(Nc1nc(Cc2ccc(OC)cc2)ns1)C(=O)c1ccc(OC)cc1. The number of nitrogens with one attached hydrogen (secondary N) is 1. The summed E-state index contributed by atoms with van der Waals surface area (Å²) in [5.41, 5.74) is 7.85. The van der Waals surface area contributed by atoms with Gasteiger partial charge in [-0.25, -0.2) is 4.98 Å². The van der Waals surface area contributed by atoms with E-state index >= 15 is 0 Å². The first-order chi connectivity index (χ1) is 15.0. The summed E-state index contributed by atoms with van der Waals surface area (Å²) in [6.45, 7) is 2.01. The molecule has 0 fully saturated rings. The highest BCUT2D eigenvalue weighted by atomic mass is 32.1. The second-order valence-corrected chi connectivity index (χ2v) is 7.99. The van der Waals surface area contributed by atoms with Crippen molar-refractivity contribution in [2.45, 2.75) is 38.3 Å². The van der Waals surface area contributed by atoms with E-state index in [2.05, 4.69) is 14.7 Å². The maximum Gasteiger partial charge on any atom is 0.203 e. The Kier molecular flexibility index (Phi) is 7.97. The summed E-state index contributed by atoms with van der Waals surface area (Å²) in [7, 11) is 3.24. The van der Waals surface area contributed by atoms with E-state index in [0.29, 0.717) is 35.1 Å². The molecule has 1 heterocycles. The van der Waals surface area contributed by atoms with Crippen LogP contribution < -0.4 is 20.5 Å². The number of carbonyl (C=O) groups is 1. The first kappa shape index (κ1) is 22.7. The minimum atomic E-state index is -0.481. The summed E-state index contributed by atoms with van der Waals surface area (Å²) in [5.74, 6) is 2.19. The van der Waals surface area contributed by atoms with Crippen LogP contribution in [0.1, 0.15) is 41.5 Å². The number of ketones is 1. The number of ether oxygens (including phenoxy) is 2. The zero-order valence-electron chi connectivity index (χ0n) is 18.0. The van der Waals surface area contributed by atoms with Gasteiger partial charge in [0.15, 0.2) is 5.78 Å². The van der Waals surface area contributed by atoms with Crippen LogP contribution in [0.3, 0.4) is 0 Å². The molecule has 8 heteroatoms. The molecular formula is C23H28N4O3S. The van der Waals surface area contributed by atoms with E-state index < -0.39 is 6.04 Å². The van der Waals surface area contributed by atoms with E-state index in [1.807, 2.05) is 31.2 Å². The molecule has 2 atom stereocenters. The predicted octanol–water partition coefficient (Wildman–Crippen LogP) is 3.94. The van der Waals surface area contributed by atoms with Crippen molar-refractivity contribution >= 4 is 22.4 Å². The smallest absolute Gasteiger partial charge is 0.203 e. The molecular weight excluding hydrogens is 412 g/mol. The minimum Gasteiger partial charge on any atom is -0.497 e. The molecule has 0 saturated heterocycles. The molecule has 7 nitrogen and oxygen atoms in total. The van der Waals surface area contributed by atoms with E-state index in [9.17, 15) is 4.79 Å². The second-order valence-electron chi connectivity index (χ2n) is 7.23. The number of nitrogens with zero attached hydrogens (tertiary/aromatic N) is 2. The monoisotopic (exact) mass is 440 g/mol.